The van der Waals surface area contributed by atoms with Crippen LogP contribution >= 0.6 is 34.8 Å². The van der Waals surface area contributed by atoms with Crippen LogP contribution in [0.4, 0.5) is 4.39 Å². The maximum Gasteiger partial charge on any atom is 0.311 e. The fraction of sp³-hybridized carbons (Fsp3) is 0.385. The van der Waals surface area contributed by atoms with Gasteiger partial charge in [0.05, 0.1) is 10.0 Å². The molecule has 0 amide bonds. The molecule has 0 fully saturated rings. The second-order valence-electron chi connectivity index (χ2n) is 3.94. The molecule has 0 aromatic heterocycles. The van der Waals surface area contributed by atoms with Crippen LogP contribution in [0.1, 0.15) is 19.3 Å². The summed E-state index contributed by atoms with van der Waals surface area (Å²) in [6.45, 7) is -1.01. The minimum atomic E-state index is -0.735. The van der Waals surface area contributed by atoms with Crippen LogP contribution in [0, 0.1) is 0 Å². The van der Waals surface area contributed by atoms with Crippen LogP contribution in [0.2, 0.25) is 15.1 Å². The lowest BCUT2D eigenvalue weighted by Gasteiger charge is -2.08. The van der Waals surface area contributed by atoms with E-state index in [-0.39, 0.29) is 41.7 Å². The summed E-state index contributed by atoms with van der Waals surface area (Å²) in [5.74, 6) is -1.14. The predicted octanol–water partition coefficient (Wildman–Crippen LogP) is 4.24. The Kier molecular flexibility index (Phi) is 7.78. The summed E-state index contributed by atoms with van der Waals surface area (Å²) >= 11 is 17.5. The summed E-state index contributed by atoms with van der Waals surface area (Å²) in [6, 6.07) is 2.79. The standard InChI is InChI=1S/C13H12Cl3FO4/c14-8-6-9(15)13(10(16)7-8)21-12(19)3-1-2-11(18)20-5-4-17/h6-7H,1-5H2. The average molecular weight is 358 g/mol. The Labute approximate surface area is 136 Å². The quantitative estimate of drug-likeness (QED) is 0.541. The Morgan fingerprint density at radius 3 is 2.19 bits per heavy atom. The van der Waals surface area contributed by atoms with Gasteiger partial charge in [0.1, 0.15) is 13.3 Å². The summed E-state index contributed by atoms with van der Waals surface area (Å²) in [5, 5.41) is 0.548. The molecule has 0 bridgehead atoms. The smallest absolute Gasteiger partial charge is 0.311 e. The summed E-state index contributed by atoms with van der Waals surface area (Å²) in [4.78, 5) is 22.7. The monoisotopic (exact) mass is 356 g/mol. The number of esters is 2. The molecule has 0 saturated carbocycles. The second-order valence-corrected chi connectivity index (χ2v) is 5.19. The van der Waals surface area contributed by atoms with Crippen LogP contribution in [0.15, 0.2) is 12.1 Å². The van der Waals surface area contributed by atoms with Gasteiger partial charge < -0.3 is 9.47 Å². The zero-order valence-corrected chi connectivity index (χ0v) is 13.1. The Morgan fingerprint density at radius 2 is 1.62 bits per heavy atom. The van der Waals surface area contributed by atoms with E-state index in [4.69, 9.17) is 39.5 Å². The van der Waals surface area contributed by atoms with Crippen LogP contribution in [-0.4, -0.2) is 25.2 Å². The van der Waals surface area contributed by atoms with Crippen LogP contribution in [-0.2, 0) is 14.3 Å². The minimum absolute atomic E-state index is 0.00280. The third-order valence-corrected chi connectivity index (χ3v) is 3.06. The van der Waals surface area contributed by atoms with Crippen LogP contribution in [0.25, 0.3) is 0 Å². The molecular weight excluding hydrogens is 345 g/mol. The van der Waals surface area contributed by atoms with Gasteiger partial charge in [-0.25, -0.2) is 4.39 Å². The molecule has 8 heteroatoms. The van der Waals surface area contributed by atoms with Gasteiger partial charge >= 0.3 is 11.9 Å². The molecule has 0 heterocycles. The van der Waals surface area contributed by atoms with Crippen molar-refractivity contribution in [2.24, 2.45) is 0 Å². The molecule has 0 aliphatic carbocycles. The number of rotatable bonds is 7. The van der Waals surface area contributed by atoms with Crippen molar-refractivity contribution in [2.45, 2.75) is 19.3 Å². The van der Waals surface area contributed by atoms with Crippen molar-refractivity contribution in [3.05, 3.63) is 27.2 Å². The molecule has 1 rings (SSSR count). The Balaban J connectivity index is 2.43. The van der Waals surface area contributed by atoms with Gasteiger partial charge in [0.25, 0.3) is 0 Å². The van der Waals surface area contributed by atoms with E-state index in [2.05, 4.69) is 4.74 Å². The van der Waals surface area contributed by atoms with Crippen LogP contribution in [0.3, 0.4) is 0 Å². The summed E-state index contributed by atoms with van der Waals surface area (Å²) in [6.07, 6.45) is 0.184. The Morgan fingerprint density at radius 1 is 1.05 bits per heavy atom. The van der Waals surface area contributed by atoms with E-state index in [9.17, 15) is 14.0 Å². The molecule has 0 spiro atoms. The van der Waals surface area contributed by atoms with Crippen molar-refractivity contribution in [2.75, 3.05) is 13.3 Å². The molecule has 0 aliphatic rings. The van der Waals surface area contributed by atoms with Crippen molar-refractivity contribution in [1.82, 2.24) is 0 Å². The van der Waals surface area contributed by atoms with Crippen molar-refractivity contribution in [1.29, 1.82) is 0 Å². The third-order valence-electron chi connectivity index (χ3n) is 2.28. The first-order valence-corrected chi connectivity index (χ1v) is 7.14. The minimum Gasteiger partial charge on any atom is -0.463 e. The predicted molar refractivity (Wildman–Crippen MR) is 77.9 cm³/mol. The number of ether oxygens (including phenoxy) is 2. The fourth-order valence-corrected chi connectivity index (χ4v) is 2.29. The van der Waals surface area contributed by atoms with E-state index >= 15 is 0 Å². The zero-order chi connectivity index (χ0) is 15.8. The van der Waals surface area contributed by atoms with E-state index < -0.39 is 18.6 Å². The highest BCUT2D eigenvalue weighted by Crippen LogP contribution is 2.36. The highest BCUT2D eigenvalue weighted by Gasteiger charge is 2.14. The lowest BCUT2D eigenvalue weighted by Crippen LogP contribution is -2.11. The first-order chi connectivity index (χ1) is 9.93. The molecule has 21 heavy (non-hydrogen) atoms. The Bertz CT molecular complexity index is 499. The SMILES string of the molecule is O=C(CCCC(=O)Oc1c(Cl)cc(Cl)cc1Cl)OCCF. The number of alkyl halides is 1. The summed E-state index contributed by atoms with van der Waals surface area (Å²) < 4.78 is 21.3. The summed E-state index contributed by atoms with van der Waals surface area (Å²) in [7, 11) is 0. The van der Waals surface area contributed by atoms with E-state index in [0.29, 0.717) is 5.02 Å². The highest BCUT2D eigenvalue weighted by atomic mass is 35.5. The van der Waals surface area contributed by atoms with Gasteiger partial charge in [0, 0.05) is 17.9 Å². The van der Waals surface area contributed by atoms with Crippen molar-refractivity contribution in [3.63, 3.8) is 0 Å². The highest BCUT2D eigenvalue weighted by molar-refractivity contribution is 6.40. The molecule has 0 unspecified atom stereocenters. The topological polar surface area (TPSA) is 52.6 Å². The number of hydrogen-bond acceptors (Lipinski definition) is 4. The first kappa shape index (κ1) is 18.0. The van der Waals surface area contributed by atoms with Gasteiger partial charge in [-0.15, -0.1) is 0 Å². The van der Waals surface area contributed by atoms with E-state index in [1.54, 1.807) is 0 Å². The molecule has 1 aromatic rings. The van der Waals surface area contributed by atoms with Gasteiger partial charge in [-0.1, -0.05) is 34.8 Å². The lowest BCUT2D eigenvalue weighted by molar-refractivity contribution is -0.144. The normalized spacial score (nSPS) is 10.3. The molecule has 0 N–H and O–H groups in total. The number of carbonyl (C=O) groups excluding carboxylic acids is 2. The van der Waals surface area contributed by atoms with Gasteiger partial charge in [-0.3, -0.25) is 9.59 Å². The molecule has 0 atom stereocenters. The number of carbonyl (C=O) groups is 2. The van der Waals surface area contributed by atoms with Crippen LogP contribution in [0.5, 0.6) is 5.75 Å². The molecule has 116 valence electrons. The summed E-state index contributed by atoms with van der Waals surface area (Å²) in [5.41, 5.74) is 0. The van der Waals surface area contributed by atoms with E-state index in [0.717, 1.165) is 0 Å². The molecule has 0 saturated heterocycles. The first-order valence-electron chi connectivity index (χ1n) is 6.01. The van der Waals surface area contributed by atoms with Gasteiger partial charge in [0.2, 0.25) is 0 Å². The Hall–Kier alpha value is -1.04. The molecule has 0 aliphatic heterocycles. The number of hydrogen-bond donors (Lipinski definition) is 0. The van der Waals surface area contributed by atoms with Crippen LogP contribution < -0.4 is 4.74 Å². The third kappa shape index (κ3) is 6.50. The van der Waals surface area contributed by atoms with Crippen molar-refractivity contribution >= 4 is 46.7 Å². The number of halogens is 4. The van der Waals surface area contributed by atoms with E-state index in [1.807, 2.05) is 0 Å². The maximum atomic E-state index is 11.8. The average Bonchev–Trinajstić information content (AvgIpc) is 2.40. The van der Waals surface area contributed by atoms with Crippen molar-refractivity contribution in [3.8, 4) is 5.75 Å². The second kappa shape index (κ2) is 9.07. The van der Waals surface area contributed by atoms with E-state index in [1.165, 1.54) is 12.1 Å². The fourth-order valence-electron chi connectivity index (χ4n) is 1.39. The molecule has 4 nitrogen and oxygen atoms in total. The van der Waals surface area contributed by atoms with Crippen molar-refractivity contribution < 1.29 is 23.5 Å². The maximum absolute atomic E-state index is 11.8. The zero-order valence-electron chi connectivity index (χ0n) is 10.8. The largest absolute Gasteiger partial charge is 0.463 e. The molecule has 1 aromatic carbocycles. The van der Waals surface area contributed by atoms with Gasteiger partial charge in [-0.05, 0) is 18.6 Å². The molecular formula is C13H12Cl3FO4. The van der Waals surface area contributed by atoms with Gasteiger partial charge in [0.15, 0.2) is 5.75 Å². The lowest BCUT2D eigenvalue weighted by atomic mass is 10.2. The molecule has 0 radical (unpaired) electrons. The van der Waals surface area contributed by atoms with Gasteiger partial charge in [-0.2, -0.15) is 0 Å². The number of benzene rings is 1.